The Kier molecular flexibility index (Phi) is 4.96. The van der Waals surface area contributed by atoms with Gasteiger partial charge in [0.2, 0.25) is 11.8 Å². The van der Waals surface area contributed by atoms with Gasteiger partial charge < -0.3 is 18.9 Å². The Hall–Kier alpha value is -3.72. The van der Waals surface area contributed by atoms with E-state index >= 15 is 0 Å². The fourth-order valence-electron chi connectivity index (χ4n) is 2.54. The predicted octanol–water partition coefficient (Wildman–Crippen LogP) is 4.45. The van der Waals surface area contributed by atoms with Crippen molar-refractivity contribution in [1.82, 2.24) is 15.2 Å². The maximum absolute atomic E-state index is 14.3. The Morgan fingerprint density at radius 2 is 2.03 bits per heavy atom. The molecule has 1 N–H and O–H groups in total. The van der Waals surface area contributed by atoms with E-state index < -0.39 is 11.7 Å². The topological polar surface area (TPSA) is 103 Å². The second kappa shape index (κ2) is 7.72. The van der Waals surface area contributed by atoms with Gasteiger partial charge in [0.1, 0.15) is 11.4 Å². The lowest BCUT2D eigenvalue weighted by molar-refractivity contribution is 0.102. The number of hydrogen-bond acceptors (Lipinski definition) is 7. The fourth-order valence-corrected chi connectivity index (χ4v) is 2.69. The van der Waals surface area contributed by atoms with Crippen LogP contribution in [0.15, 0.2) is 57.7 Å². The number of benzene rings is 1. The van der Waals surface area contributed by atoms with Gasteiger partial charge in [0.05, 0.1) is 24.1 Å². The third-order valence-corrected chi connectivity index (χ3v) is 4.08. The summed E-state index contributed by atoms with van der Waals surface area (Å²) in [4.78, 5) is 16.5. The summed E-state index contributed by atoms with van der Waals surface area (Å²) in [6.45, 7) is 0. The lowest BCUT2D eigenvalue weighted by atomic mass is 10.1. The van der Waals surface area contributed by atoms with Crippen LogP contribution < -0.4 is 10.1 Å². The third kappa shape index (κ3) is 3.81. The molecule has 3 heterocycles. The number of furan rings is 1. The van der Waals surface area contributed by atoms with Crippen LogP contribution in [0.3, 0.4) is 0 Å². The highest BCUT2D eigenvalue weighted by molar-refractivity contribution is 6.31. The average Bonchev–Trinajstić information content (AvgIpc) is 3.41. The highest BCUT2D eigenvalue weighted by atomic mass is 35.5. The van der Waals surface area contributed by atoms with E-state index in [0.29, 0.717) is 11.3 Å². The van der Waals surface area contributed by atoms with Crippen LogP contribution in [0.4, 0.5) is 10.1 Å². The maximum atomic E-state index is 14.3. The molecule has 0 aliphatic heterocycles. The lowest BCUT2D eigenvalue weighted by Gasteiger charge is -2.10. The van der Waals surface area contributed by atoms with Crippen LogP contribution in [0.25, 0.3) is 23.1 Å². The van der Waals surface area contributed by atoms with Gasteiger partial charge in [-0.05, 0) is 36.4 Å². The van der Waals surface area contributed by atoms with E-state index in [1.807, 2.05) is 0 Å². The number of anilines is 1. The molecule has 0 spiro atoms. The van der Waals surface area contributed by atoms with Crippen molar-refractivity contribution in [3.63, 3.8) is 0 Å². The second-order valence-corrected chi connectivity index (χ2v) is 6.19. The summed E-state index contributed by atoms with van der Waals surface area (Å²) in [5, 5.41) is 10.5. The van der Waals surface area contributed by atoms with Crippen molar-refractivity contribution >= 4 is 23.2 Å². The number of nitrogens with one attached hydrogen (secondary N) is 1. The number of pyridine rings is 1. The van der Waals surface area contributed by atoms with Gasteiger partial charge in [-0.1, -0.05) is 11.6 Å². The molecule has 0 bridgehead atoms. The molecular weight excluding hydrogens is 403 g/mol. The first-order chi connectivity index (χ1) is 14.0. The van der Waals surface area contributed by atoms with E-state index in [2.05, 4.69) is 20.5 Å². The third-order valence-electron chi connectivity index (χ3n) is 3.87. The highest BCUT2D eigenvalue weighted by Gasteiger charge is 2.18. The van der Waals surface area contributed by atoms with Crippen LogP contribution in [-0.4, -0.2) is 28.2 Å². The monoisotopic (exact) mass is 414 g/mol. The number of rotatable bonds is 5. The number of methoxy groups -OCH3 is 1. The number of nitrogens with zero attached hydrogens (tertiary/aromatic N) is 3. The molecule has 0 saturated carbocycles. The number of aromatic nitrogens is 3. The zero-order valence-electron chi connectivity index (χ0n) is 14.8. The van der Waals surface area contributed by atoms with Crippen LogP contribution in [-0.2, 0) is 0 Å². The molecule has 0 radical (unpaired) electrons. The normalized spacial score (nSPS) is 10.7. The predicted molar refractivity (Wildman–Crippen MR) is 101 cm³/mol. The summed E-state index contributed by atoms with van der Waals surface area (Å²) in [7, 11) is 1.36. The van der Waals surface area contributed by atoms with Crippen molar-refractivity contribution in [2.24, 2.45) is 0 Å². The molecule has 0 aliphatic carbocycles. The molecule has 8 nitrogen and oxygen atoms in total. The first-order valence-corrected chi connectivity index (χ1v) is 8.61. The zero-order chi connectivity index (χ0) is 20.4. The van der Waals surface area contributed by atoms with E-state index in [1.54, 1.807) is 12.1 Å². The molecule has 4 aromatic rings. The van der Waals surface area contributed by atoms with Gasteiger partial charge in [0.15, 0.2) is 5.76 Å². The smallest absolute Gasteiger partial charge is 0.283 e. The van der Waals surface area contributed by atoms with Crippen molar-refractivity contribution in [1.29, 1.82) is 0 Å². The molecule has 1 aromatic carbocycles. The van der Waals surface area contributed by atoms with Gasteiger partial charge in [-0.2, -0.15) is 0 Å². The van der Waals surface area contributed by atoms with Gasteiger partial charge in [-0.15, -0.1) is 10.2 Å². The van der Waals surface area contributed by atoms with E-state index in [0.717, 1.165) is 0 Å². The van der Waals surface area contributed by atoms with E-state index in [1.165, 1.54) is 43.8 Å². The summed E-state index contributed by atoms with van der Waals surface area (Å²) < 4.78 is 30.1. The molecule has 0 fully saturated rings. The maximum Gasteiger partial charge on any atom is 0.283 e. The number of amides is 1. The van der Waals surface area contributed by atoms with Crippen molar-refractivity contribution in [2.45, 2.75) is 0 Å². The van der Waals surface area contributed by atoms with E-state index in [-0.39, 0.29) is 33.9 Å². The van der Waals surface area contributed by atoms with Gasteiger partial charge in [-0.3, -0.25) is 4.79 Å². The molecule has 146 valence electrons. The highest BCUT2D eigenvalue weighted by Crippen LogP contribution is 2.28. The molecule has 0 saturated heterocycles. The molecule has 29 heavy (non-hydrogen) atoms. The summed E-state index contributed by atoms with van der Waals surface area (Å²) >= 11 is 5.89. The minimum absolute atomic E-state index is 0.0581. The molecule has 0 atom stereocenters. The SMILES string of the molecule is COc1ncc(Cl)cc1C(=O)Nc1cc(-c2nnc(-c3ccco3)o2)ccc1F. The number of carbonyl (C=O) groups is 1. The van der Waals surface area contributed by atoms with Crippen LogP contribution in [0.5, 0.6) is 5.88 Å². The Bertz CT molecular complexity index is 1180. The molecule has 3 aromatic heterocycles. The standard InChI is InChI=1S/C19H12ClFN4O4/c1-27-18-12(8-11(20)9-22-18)16(26)23-14-7-10(4-5-13(14)21)17-24-25-19(29-17)15-3-2-6-28-15/h2-9H,1H3,(H,23,26). The second-order valence-electron chi connectivity index (χ2n) is 5.75. The van der Waals surface area contributed by atoms with Crippen molar-refractivity contribution in [3.05, 3.63) is 65.3 Å². The molecule has 0 aliphatic rings. The average molecular weight is 415 g/mol. The molecule has 1 amide bonds. The Morgan fingerprint density at radius 3 is 2.79 bits per heavy atom. The van der Waals surface area contributed by atoms with Crippen LogP contribution in [0.2, 0.25) is 5.02 Å². The van der Waals surface area contributed by atoms with Crippen molar-refractivity contribution in [2.75, 3.05) is 12.4 Å². The molecule has 4 rings (SSSR count). The van der Waals surface area contributed by atoms with Crippen LogP contribution in [0, 0.1) is 5.82 Å². The van der Waals surface area contributed by atoms with Crippen molar-refractivity contribution < 1.29 is 22.8 Å². The summed E-state index contributed by atoms with van der Waals surface area (Å²) in [5.74, 6) is -0.525. The summed E-state index contributed by atoms with van der Waals surface area (Å²) in [6.07, 6.45) is 2.81. The quantitative estimate of drug-likeness (QED) is 0.514. The minimum Gasteiger partial charge on any atom is -0.480 e. The van der Waals surface area contributed by atoms with Crippen molar-refractivity contribution in [3.8, 4) is 29.0 Å². The number of carbonyl (C=O) groups excluding carboxylic acids is 1. The largest absolute Gasteiger partial charge is 0.480 e. The van der Waals surface area contributed by atoms with Gasteiger partial charge in [0.25, 0.3) is 11.8 Å². The van der Waals surface area contributed by atoms with Crippen LogP contribution in [0.1, 0.15) is 10.4 Å². The van der Waals surface area contributed by atoms with Crippen LogP contribution >= 0.6 is 11.6 Å². The fraction of sp³-hybridized carbons (Fsp3) is 0.0526. The van der Waals surface area contributed by atoms with Gasteiger partial charge in [0, 0.05) is 11.8 Å². The molecule has 10 heteroatoms. The Labute approximate surface area is 168 Å². The van der Waals surface area contributed by atoms with Gasteiger partial charge in [-0.25, -0.2) is 9.37 Å². The summed E-state index contributed by atoms with van der Waals surface area (Å²) in [5.41, 5.74) is 0.373. The van der Waals surface area contributed by atoms with Gasteiger partial charge >= 0.3 is 0 Å². The molecule has 0 unspecified atom stereocenters. The van der Waals surface area contributed by atoms with E-state index in [9.17, 15) is 9.18 Å². The first kappa shape index (κ1) is 18.6. The Morgan fingerprint density at radius 1 is 1.21 bits per heavy atom. The zero-order valence-corrected chi connectivity index (χ0v) is 15.6. The number of ether oxygens (including phenoxy) is 1. The molecular formula is C19H12ClFN4O4. The Balaban J connectivity index is 1.63. The minimum atomic E-state index is -0.651. The summed E-state index contributed by atoms with van der Waals surface area (Å²) in [6, 6.07) is 8.72. The number of hydrogen-bond donors (Lipinski definition) is 1. The van der Waals surface area contributed by atoms with E-state index in [4.69, 9.17) is 25.2 Å². The first-order valence-electron chi connectivity index (χ1n) is 8.23. The number of halogens is 2. The lowest BCUT2D eigenvalue weighted by Crippen LogP contribution is -2.15.